The van der Waals surface area contributed by atoms with Crippen molar-refractivity contribution in [2.24, 2.45) is 0 Å². The van der Waals surface area contributed by atoms with Crippen molar-refractivity contribution in [2.75, 3.05) is 12.3 Å². The van der Waals surface area contributed by atoms with E-state index in [1.807, 2.05) is 0 Å². The molecule has 0 spiro atoms. The van der Waals surface area contributed by atoms with Crippen LogP contribution in [0.5, 0.6) is 0 Å². The summed E-state index contributed by atoms with van der Waals surface area (Å²) < 4.78 is 0. The Bertz CT molecular complexity index is 49.5. The Hall–Kier alpha value is 0.720. The molecule has 0 aliphatic carbocycles. The number of hydrogen-bond acceptors (Lipinski definition) is 0. The van der Waals surface area contributed by atoms with Crippen molar-refractivity contribution in [3.05, 3.63) is 0 Å². The molecule has 11 heavy (non-hydrogen) atoms. The Kier molecular flexibility index (Phi) is 17.3. The van der Waals surface area contributed by atoms with E-state index in [1.165, 1.54) is 53.0 Å². The molecule has 0 rings (SSSR count). The van der Waals surface area contributed by atoms with E-state index in [-0.39, 0.29) is 12.4 Å². The third-order valence-electron chi connectivity index (χ3n) is 1.63. The summed E-state index contributed by atoms with van der Waals surface area (Å²) in [6, 6.07) is 0. The molecule has 0 N–H and O–H groups in total. The van der Waals surface area contributed by atoms with Crippen LogP contribution in [0, 0.1) is 0 Å². The maximum absolute atomic E-state index is 2.28. The molecule has 2 heteroatoms. The quantitative estimate of drug-likeness (QED) is 0.425. The van der Waals surface area contributed by atoms with Gasteiger partial charge in [-0.1, -0.05) is 39.5 Å². The Morgan fingerprint density at radius 2 is 1.55 bits per heavy atom. The van der Waals surface area contributed by atoms with Gasteiger partial charge in [0.15, 0.2) is 0 Å². The molecule has 0 radical (unpaired) electrons. The van der Waals surface area contributed by atoms with Crippen molar-refractivity contribution in [3.8, 4) is 0 Å². The lowest BCUT2D eigenvalue weighted by atomic mass is 10.2. The van der Waals surface area contributed by atoms with Crippen molar-refractivity contribution < 1.29 is 0 Å². The summed E-state index contributed by atoms with van der Waals surface area (Å²) in [5.74, 6) is 0. The fraction of sp³-hybridized carbons (Fsp3) is 1.00. The predicted octanol–water partition coefficient (Wildman–Crippen LogP) is 4.08. The van der Waals surface area contributed by atoms with Gasteiger partial charge in [0.2, 0.25) is 0 Å². The summed E-state index contributed by atoms with van der Waals surface area (Å²) in [7, 11) is 1.24. The van der Waals surface area contributed by atoms with E-state index in [0.29, 0.717) is 0 Å². The fourth-order valence-electron chi connectivity index (χ4n) is 0.979. The lowest BCUT2D eigenvalue weighted by Gasteiger charge is -1.98. The highest BCUT2D eigenvalue weighted by atomic mass is 35.5. The van der Waals surface area contributed by atoms with Crippen LogP contribution in [0.4, 0.5) is 0 Å². The number of halogens is 1. The summed E-state index contributed by atoms with van der Waals surface area (Å²) in [6.45, 7) is 4.55. The van der Waals surface area contributed by atoms with E-state index in [2.05, 4.69) is 13.8 Å². The zero-order chi connectivity index (χ0) is 7.66. The van der Waals surface area contributed by atoms with Crippen molar-refractivity contribution in [2.45, 2.75) is 46.0 Å². The topological polar surface area (TPSA) is 0 Å². The molecule has 0 saturated carbocycles. The lowest BCUT2D eigenvalue weighted by molar-refractivity contribution is 0.705. The van der Waals surface area contributed by atoms with Gasteiger partial charge in [0, 0.05) is 0 Å². The number of rotatable bonds is 7. The summed E-state index contributed by atoms with van der Waals surface area (Å²) >= 11 is 0. The van der Waals surface area contributed by atoms with Crippen LogP contribution in [-0.2, 0) is 0 Å². The minimum absolute atomic E-state index is 0. The molecule has 0 amide bonds. The van der Waals surface area contributed by atoms with E-state index < -0.39 is 0 Å². The Balaban J connectivity index is 0. The molecule has 1 unspecified atom stereocenters. The maximum atomic E-state index is 2.28. The average molecular weight is 197 g/mol. The van der Waals surface area contributed by atoms with E-state index >= 15 is 0 Å². The third kappa shape index (κ3) is 13.7. The van der Waals surface area contributed by atoms with Crippen LogP contribution in [0.2, 0.25) is 0 Å². The van der Waals surface area contributed by atoms with Crippen LogP contribution in [-0.4, -0.2) is 12.3 Å². The molecule has 0 aromatic carbocycles. The zero-order valence-electron chi connectivity index (χ0n) is 7.86. The van der Waals surface area contributed by atoms with Gasteiger partial charge in [-0.3, -0.25) is 0 Å². The molecule has 0 fully saturated rings. The molecule has 0 bridgehead atoms. The van der Waals surface area contributed by atoms with Crippen LogP contribution in [0.1, 0.15) is 46.0 Å². The first-order valence-corrected chi connectivity index (χ1v) is 6.04. The van der Waals surface area contributed by atoms with Gasteiger partial charge in [-0.25, -0.2) is 0 Å². The highest BCUT2D eigenvalue weighted by Gasteiger charge is 1.87. The second-order valence-electron chi connectivity index (χ2n) is 2.81. The van der Waals surface area contributed by atoms with Gasteiger partial charge in [-0.05, 0) is 18.7 Å². The molecule has 0 aliphatic heterocycles. The summed E-state index contributed by atoms with van der Waals surface area (Å²) in [5, 5.41) is 0. The largest absolute Gasteiger partial charge is 0.147 e. The van der Waals surface area contributed by atoms with Gasteiger partial charge < -0.3 is 0 Å². The minimum Gasteiger partial charge on any atom is -0.147 e. The number of hydrogen-bond donors (Lipinski definition) is 0. The summed E-state index contributed by atoms with van der Waals surface area (Å²) in [4.78, 5) is 0. The van der Waals surface area contributed by atoms with Gasteiger partial charge >= 0.3 is 0 Å². The van der Waals surface area contributed by atoms with Crippen LogP contribution in [0.15, 0.2) is 0 Å². The molecular weight excluding hydrogens is 175 g/mol. The lowest BCUT2D eigenvalue weighted by Crippen LogP contribution is -1.80. The van der Waals surface area contributed by atoms with Crippen LogP contribution in [0.3, 0.4) is 0 Å². The van der Waals surface area contributed by atoms with Gasteiger partial charge in [0.25, 0.3) is 0 Å². The first kappa shape index (κ1) is 14.3. The van der Waals surface area contributed by atoms with Gasteiger partial charge in [0.05, 0.1) is 0 Å². The average Bonchev–Trinajstić information content (AvgIpc) is 1.97. The Labute approximate surface area is 79.7 Å². The molecule has 70 valence electrons. The van der Waals surface area contributed by atoms with Gasteiger partial charge in [0.1, 0.15) is 0 Å². The van der Waals surface area contributed by atoms with E-state index in [0.717, 1.165) is 0 Å². The van der Waals surface area contributed by atoms with E-state index in [4.69, 9.17) is 0 Å². The number of unbranched alkanes of at least 4 members (excludes halogenated alkanes) is 3. The standard InChI is InChI=1S/C9H21P.ClH/c1-3-5-6-7-9-10-8-4-2;/h10H,3-9H2,1-2H3;1H. The first-order chi connectivity index (χ1) is 4.91. The van der Waals surface area contributed by atoms with E-state index in [1.54, 1.807) is 0 Å². The highest BCUT2D eigenvalue weighted by Crippen LogP contribution is 2.14. The Morgan fingerprint density at radius 3 is 2.09 bits per heavy atom. The highest BCUT2D eigenvalue weighted by molar-refractivity contribution is 7.37. The van der Waals surface area contributed by atoms with Crippen molar-refractivity contribution in [1.29, 1.82) is 0 Å². The molecule has 0 heterocycles. The molecule has 0 saturated heterocycles. The summed E-state index contributed by atoms with van der Waals surface area (Å²) in [6.07, 6.45) is 10.1. The molecule has 0 aromatic heterocycles. The SMILES string of the molecule is CCCCCCPCCC.Cl. The Morgan fingerprint density at radius 1 is 0.818 bits per heavy atom. The minimum atomic E-state index is 0. The normalized spacial score (nSPS) is 10.4. The van der Waals surface area contributed by atoms with Gasteiger partial charge in [-0.15, -0.1) is 21.0 Å². The first-order valence-electron chi connectivity index (χ1n) is 4.62. The van der Waals surface area contributed by atoms with Crippen LogP contribution < -0.4 is 0 Å². The second-order valence-corrected chi connectivity index (χ2v) is 4.31. The summed E-state index contributed by atoms with van der Waals surface area (Å²) in [5.41, 5.74) is 0. The smallest absolute Gasteiger partial charge is 0.0353 e. The second kappa shape index (κ2) is 13.3. The van der Waals surface area contributed by atoms with Crippen molar-refractivity contribution in [3.63, 3.8) is 0 Å². The maximum Gasteiger partial charge on any atom is -0.0353 e. The van der Waals surface area contributed by atoms with E-state index in [9.17, 15) is 0 Å². The van der Waals surface area contributed by atoms with Crippen LogP contribution >= 0.6 is 21.0 Å². The molecule has 0 aliphatic rings. The van der Waals surface area contributed by atoms with Crippen molar-refractivity contribution >= 4 is 21.0 Å². The third-order valence-corrected chi connectivity index (χ3v) is 3.19. The molecule has 1 atom stereocenters. The molecule has 0 nitrogen and oxygen atoms in total. The monoisotopic (exact) mass is 196 g/mol. The zero-order valence-corrected chi connectivity index (χ0v) is 9.67. The molecular formula is C9H22ClP. The predicted molar refractivity (Wildman–Crippen MR) is 59.7 cm³/mol. The van der Waals surface area contributed by atoms with Gasteiger partial charge in [-0.2, -0.15) is 0 Å². The van der Waals surface area contributed by atoms with Crippen molar-refractivity contribution in [1.82, 2.24) is 0 Å². The van der Waals surface area contributed by atoms with Crippen LogP contribution in [0.25, 0.3) is 0 Å². The molecule has 0 aromatic rings. The fourth-order valence-corrected chi connectivity index (χ4v) is 2.08.